The lowest BCUT2D eigenvalue weighted by Crippen LogP contribution is -2.46. The summed E-state index contributed by atoms with van der Waals surface area (Å²) in [6.45, 7) is 6.56. The first-order valence-corrected chi connectivity index (χ1v) is 10.8. The minimum Gasteiger partial charge on any atom is -0.353 e. The monoisotopic (exact) mass is 393 g/mol. The molecule has 6 nitrogen and oxygen atoms in total. The molecule has 1 aromatic heterocycles. The van der Waals surface area contributed by atoms with Crippen molar-refractivity contribution in [3.8, 4) is 0 Å². The Morgan fingerprint density at radius 3 is 2.76 bits per heavy atom. The lowest BCUT2D eigenvalue weighted by molar-refractivity contribution is 0.0946. The summed E-state index contributed by atoms with van der Waals surface area (Å²) in [5, 5.41) is 6.65. The predicted molar refractivity (Wildman–Crippen MR) is 116 cm³/mol. The van der Waals surface area contributed by atoms with Gasteiger partial charge in [-0.2, -0.15) is 0 Å². The van der Waals surface area contributed by atoms with Crippen molar-refractivity contribution in [1.82, 2.24) is 20.5 Å². The van der Waals surface area contributed by atoms with Crippen LogP contribution in [-0.2, 0) is 0 Å². The van der Waals surface area contributed by atoms with Crippen molar-refractivity contribution >= 4 is 11.7 Å². The minimum absolute atomic E-state index is 0.0135. The van der Waals surface area contributed by atoms with Crippen LogP contribution in [0.4, 0.5) is 5.82 Å². The molecule has 0 spiro atoms. The van der Waals surface area contributed by atoms with E-state index in [2.05, 4.69) is 49.7 Å². The largest absolute Gasteiger partial charge is 0.353 e. The number of carbonyl (C=O) groups is 1. The van der Waals surface area contributed by atoms with Crippen LogP contribution in [0, 0.1) is 0 Å². The molecule has 2 saturated heterocycles. The highest BCUT2D eigenvalue weighted by Gasteiger charge is 2.22. The number of piperazine rings is 1. The molecule has 4 rings (SSSR count). The van der Waals surface area contributed by atoms with Gasteiger partial charge in [-0.3, -0.25) is 4.79 Å². The maximum atomic E-state index is 12.6. The van der Waals surface area contributed by atoms with Crippen LogP contribution in [-0.4, -0.2) is 61.6 Å². The third kappa shape index (κ3) is 5.34. The van der Waals surface area contributed by atoms with Gasteiger partial charge >= 0.3 is 0 Å². The number of anilines is 1. The maximum absolute atomic E-state index is 12.6. The number of hydrogen-bond acceptors (Lipinski definition) is 5. The van der Waals surface area contributed by atoms with Crippen molar-refractivity contribution < 1.29 is 4.79 Å². The molecule has 1 atom stereocenters. The molecular weight excluding hydrogens is 362 g/mol. The van der Waals surface area contributed by atoms with Gasteiger partial charge in [-0.15, -0.1) is 0 Å². The number of carbonyl (C=O) groups excluding carboxylic acids is 1. The van der Waals surface area contributed by atoms with Crippen LogP contribution in [0.1, 0.15) is 41.2 Å². The molecule has 0 saturated carbocycles. The topological polar surface area (TPSA) is 60.5 Å². The zero-order valence-electron chi connectivity index (χ0n) is 17.0. The van der Waals surface area contributed by atoms with E-state index in [0.29, 0.717) is 12.1 Å². The Morgan fingerprint density at radius 2 is 1.93 bits per heavy atom. The van der Waals surface area contributed by atoms with E-state index >= 15 is 0 Å². The molecule has 2 N–H and O–H groups in total. The average Bonchev–Trinajstić information content (AvgIpc) is 2.80. The number of amides is 1. The van der Waals surface area contributed by atoms with Crippen molar-refractivity contribution in [1.29, 1.82) is 0 Å². The molecule has 0 radical (unpaired) electrons. The van der Waals surface area contributed by atoms with Crippen LogP contribution in [0.25, 0.3) is 0 Å². The molecule has 3 heterocycles. The van der Waals surface area contributed by atoms with Crippen molar-refractivity contribution in [3.63, 3.8) is 0 Å². The zero-order chi connectivity index (χ0) is 19.9. The molecule has 6 heteroatoms. The first-order valence-electron chi connectivity index (χ1n) is 10.8. The van der Waals surface area contributed by atoms with Crippen LogP contribution in [0.5, 0.6) is 0 Å². The summed E-state index contributed by atoms with van der Waals surface area (Å²) in [5.41, 5.74) is 1.97. The first-order chi connectivity index (χ1) is 14.3. The third-order valence-electron chi connectivity index (χ3n) is 5.87. The molecule has 29 heavy (non-hydrogen) atoms. The van der Waals surface area contributed by atoms with Crippen LogP contribution in [0.3, 0.4) is 0 Å². The maximum Gasteiger partial charge on any atom is 0.251 e. The van der Waals surface area contributed by atoms with Gasteiger partial charge in [0.1, 0.15) is 5.82 Å². The second-order valence-electron chi connectivity index (χ2n) is 7.92. The summed E-state index contributed by atoms with van der Waals surface area (Å²) in [7, 11) is 0. The second kappa shape index (κ2) is 9.85. The third-order valence-corrected chi connectivity index (χ3v) is 5.87. The number of nitrogens with one attached hydrogen (secondary N) is 2. The quantitative estimate of drug-likeness (QED) is 0.789. The van der Waals surface area contributed by atoms with Crippen LogP contribution in [0.2, 0.25) is 0 Å². The normalized spacial score (nSPS) is 20.4. The van der Waals surface area contributed by atoms with Crippen molar-refractivity contribution in [2.24, 2.45) is 0 Å². The molecule has 0 aliphatic carbocycles. The fraction of sp³-hybridized carbons (Fsp3) is 0.478. The van der Waals surface area contributed by atoms with E-state index in [-0.39, 0.29) is 11.9 Å². The number of piperidine rings is 1. The van der Waals surface area contributed by atoms with Gasteiger partial charge in [0.25, 0.3) is 5.91 Å². The number of nitrogens with zero attached hydrogens (tertiary/aromatic N) is 3. The second-order valence-corrected chi connectivity index (χ2v) is 7.92. The summed E-state index contributed by atoms with van der Waals surface area (Å²) in [6.07, 6.45) is 5.63. The lowest BCUT2D eigenvalue weighted by atomic mass is 10.0. The van der Waals surface area contributed by atoms with E-state index in [0.717, 1.165) is 45.1 Å². The fourth-order valence-corrected chi connectivity index (χ4v) is 4.21. The van der Waals surface area contributed by atoms with Gasteiger partial charge in [0, 0.05) is 50.5 Å². The van der Waals surface area contributed by atoms with Gasteiger partial charge in [-0.1, -0.05) is 36.8 Å². The Balaban J connectivity index is 1.34. The Bertz CT molecular complexity index is 791. The van der Waals surface area contributed by atoms with E-state index in [1.54, 1.807) is 12.3 Å². The van der Waals surface area contributed by atoms with Gasteiger partial charge in [0.15, 0.2) is 0 Å². The number of pyridine rings is 1. The fourth-order valence-electron chi connectivity index (χ4n) is 4.21. The average molecular weight is 394 g/mol. The van der Waals surface area contributed by atoms with E-state index in [1.807, 2.05) is 12.1 Å². The molecule has 1 aromatic carbocycles. The highest BCUT2D eigenvalue weighted by Crippen LogP contribution is 2.21. The Kier molecular flexibility index (Phi) is 6.75. The van der Waals surface area contributed by atoms with Gasteiger partial charge in [0.2, 0.25) is 0 Å². The standard InChI is InChI=1S/C23H31N5O/c29-23(26-11-15-27-13-5-2-6-14-27)20-9-10-25-22(17-20)28-16-12-24-21(18-28)19-7-3-1-4-8-19/h1,3-4,7-10,17,21,24H,2,5-6,11-16,18H2,(H,26,29). The van der Waals surface area contributed by atoms with Gasteiger partial charge < -0.3 is 20.4 Å². The summed E-state index contributed by atoms with van der Waals surface area (Å²) in [5.74, 6) is 0.858. The molecule has 2 aliphatic heterocycles. The molecule has 2 fully saturated rings. The van der Waals surface area contributed by atoms with Gasteiger partial charge in [0.05, 0.1) is 0 Å². The van der Waals surface area contributed by atoms with Crippen LogP contribution >= 0.6 is 0 Å². The van der Waals surface area contributed by atoms with Crippen molar-refractivity contribution in [2.45, 2.75) is 25.3 Å². The molecule has 2 aliphatic rings. The summed E-state index contributed by atoms with van der Waals surface area (Å²) < 4.78 is 0. The summed E-state index contributed by atoms with van der Waals surface area (Å²) >= 11 is 0. The predicted octanol–water partition coefficient (Wildman–Crippen LogP) is 2.45. The van der Waals surface area contributed by atoms with E-state index in [1.165, 1.54) is 24.8 Å². The first kappa shape index (κ1) is 19.9. The Labute approximate surface area is 173 Å². The number of likely N-dealkylation sites (tertiary alicyclic amines) is 1. The summed E-state index contributed by atoms with van der Waals surface area (Å²) in [6, 6.07) is 14.5. The molecule has 2 aromatic rings. The Morgan fingerprint density at radius 1 is 1.10 bits per heavy atom. The summed E-state index contributed by atoms with van der Waals surface area (Å²) in [4.78, 5) is 21.9. The van der Waals surface area contributed by atoms with Gasteiger partial charge in [-0.25, -0.2) is 4.98 Å². The minimum atomic E-state index is -0.0135. The number of hydrogen-bond donors (Lipinski definition) is 2. The number of benzene rings is 1. The van der Waals surface area contributed by atoms with E-state index in [9.17, 15) is 4.79 Å². The molecular formula is C23H31N5O. The Hall–Kier alpha value is -2.44. The van der Waals surface area contributed by atoms with Crippen molar-refractivity contribution in [3.05, 3.63) is 59.8 Å². The van der Waals surface area contributed by atoms with Crippen LogP contribution in [0.15, 0.2) is 48.7 Å². The smallest absolute Gasteiger partial charge is 0.251 e. The zero-order valence-corrected chi connectivity index (χ0v) is 17.0. The highest BCUT2D eigenvalue weighted by atomic mass is 16.1. The highest BCUT2D eigenvalue weighted by molar-refractivity contribution is 5.94. The number of rotatable bonds is 6. The lowest BCUT2D eigenvalue weighted by Gasteiger charge is -2.35. The van der Waals surface area contributed by atoms with Crippen LogP contribution < -0.4 is 15.5 Å². The molecule has 1 unspecified atom stereocenters. The SMILES string of the molecule is O=C(NCCN1CCCCC1)c1ccnc(N2CCNC(c3ccccc3)C2)c1. The molecule has 154 valence electrons. The van der Waals surface area contributed by atoms with E-state index < -0.39 is 0 Å². The van der Waals surface area contributed by atoms with Gasteiger partial charge in [-0.05, 0) is 43.6 Å². The molecule has 0 bridgehead atoms. The number of aromatic nitrogens is 1. The van der Waals surface area contributed by atoms with E-state index in [4.69, 9.17) is 0 Å². The molecule has 1 amide bonds. The van der Waals surface area contributed by atoms with Crippen molar-refractivity contribution in [2.75, 3.05) is 50.7 Å².